The van der Waals surface area contributed by atoms with Crippen molar-refractivity contribution in [3.05, 3.63) is 29.3 Å². The number of rotatable bonds is 6. The number of aliphatic hydroxyl groups excluding tert-OH is 1. The van der Waals surface area contributed by atoms with E-state index in [1.54, 1.807) is 19.1 Å². The summed E-state index contributed by atoms with van der Waals surface area (Å²) in [5.41, 5.74) is 6.82. The second kappa shape index (κ2) is 6.73. The zero-order chi connectivity index (χ0) is 13.5. The summed E-state index contributed by atoms with van der Waals surface area (Å²) >= 11 is 0. The molecule has 0 aliphatic rings. The third-order valence-electron chi connectivity index (χ3n) is 2.26. The number of hydrogen-bond donors (Lipinski definition) is 3. The van der Waals surface area contributed by atoms with Crippen LogP contribution in [0.2, 0.25) is 0 Å². The molecule has 2 amide bonds. The number of nitrogens with two attached hydrogens (primary N) is 1. The van der Waals surface area contributed by atoms with Gasteiger partial charge in [-0.1, -0.05) is 6.07 Å². The number of nitrogens with one attached hydrogen (secondary N) is 1. The first-order valence-corrected chi connectivity index (χ1v) is 5.43. The van der Waals surface area contributed by atoms with Crippen LogP contribution in [-0.4, -0.2) is 36.7 Å². The van der Waals surface area contributed by atoms with Crippen molar-refractivity contribution in [1.29, 1.82) is 0 Å². The maximum absolute atomic E-state index is 11.5. The van der Waals surface area contributed by atoms with E-state index in [1.165, 1.54) is 6.07 Å². The molecule has 1 aromatic carbocycles. The van der Waals surface area contributed by atoms with Crippen LogP contribution >= 0.6 is 0 Å². The van der Waals surface area contributed by atoms with Crippen molar-refractivity contribution in [2.75, 3.05) is 25.1 Å². The van der Waals surface area contributed by atoms with Crippen molar-refractivity contribution in [1.82, 2.24) is 0 Å². The van der Waals surface area contributed by atoms with Crippen LogP contribution in [0.1, 0.15) is 15.9 Å². The van der Waals surface area contributed by atoms with Gasteiger partial charge in [0.25, 0.3) is 0 Å². The van der Waals surface area contributed by atoms with Crippen LogP contribution in [0.4, 0.5) is 5.69 Å². The van der Waals surface area contributed by atoms with Gasteiger partial charge in [0.2, 0.25) is 11.8 Å². The van der Waals surface area contributed by atoms with E-state index in [1.807, 2.05) is 0 Å². The van der Waals surface area contributed by atoms with Crippen LogP contribution in [0, 0.1) is 6.92 Å². The maximum atomic E-state index is 11.5. The molecule has 18 heavy (non-hydrogen) atoms. The summed E-state index contributed by atoms with van der Waals surface area (Å²) in [6.07, 6.45) is 0. The van der Waals surface area contributed by atoms with Gasteiger partial charge in [0.05, 0.1) is 13.2 Å². The summed E-state index contributed by atoms with van der Waals surface area (Å²) in [6, 6.07) is 4.81. The molecule has 0 aliphatic heterocycles. The van der Waals surface area contributed by atoms with Crippen molar-refractivity contribution in [2.24, 2.45) is 5.73 Å². The molecular weight excluding hydrogens is 236 g/mol. The largest absolute Gasteiger partial charge is 0.394 e. The van der Waals surface area contributed by atoms with Crippen LogP contribution in [0.15, 0.2) is 18.2 Å². The number of ether oxygens (including phenoxy) is 1. The summed E-state index contributed by atoms with van der Waals surface area (Å²) in [5.74, 6) is -0.907. The fourth-order valence-electron chi connectivity index (χ4n) is 1.33. The van der Waals surface area contributed by atoms with E-state index in [0.717, 1.165) is 5.56 Å². The second-order valence-electron chi connectivity index (χ2n) is 3.72. The van der Waals surface area contributed by atoms with Crippen LogP contribution in [0.25, 0.3) is 0 Å². The van der Waals surface area contributed by atoms with E-state index in [9.17, 15) is 9.59 Å². The molecule has 0 atom stereocenters. The van der Waals surface area contributed by atoms with Gasteiger partial charge < -0.3 is 20.9 Å². The fourth-order valence-corrected chi connectivity index (χ4v) is 1.33. The third-order valence-corrected chi connectivity index (χ3v) is 2.26. The number of primary amides is 1. The Kier molecular flexibility index (Phi) is 5.29. The molecule has 0 saturated heterocycles. The Bertz CT molecular complexity index is 446. The minimum absolute atomic E-state index is 0.105. The highest BCUT2D eigenvalue weighted by atomic mass is 16.5. The highest BCUT2D eigenvalue weighted by Crippen LogP contribution is 2.16. The minimum atomic E-state index is -0.554. The molecule has 6 heteroatoms. The second-order valence-corrected chi connectivity index (χ2v) is 3.72. The molecule has 0 unspecified atom stereocenters. The molecule has 6 nitrogen and oxygen atoms in total. The molecule has 0 aromatic heterocycles. The quantitative estimate of drug-likeness (QED) is 0.622. The number of carbonyl (C=O) groups excluding carboxylic acids is 2. The molecule has 0 fully saturated rings. The molecule has 0 aliphatic carbocycles. The molecule has 98 valence electrons. The summed E-state index contributed by atoms with van der Waals surface area (Å²) in [7, 11) is 0. The lowest BCUT2D eigenvalue weighted by Crippen LogP contribution is -2.20. The van der Waals surface area contributed by atoms with Crippen LogP contribution < -0.4 is 11.1 Å². The smallest absolute Gasteiger partial charge is 0.250 e. The average Bonchev–Trinajstić information content (AvgIpc) is 2.32. The lowest BCUT2D eigenvalue weighted by Gasteiger charge is -2.09. The van der Waals surface area contributed by atoms with Crippen LogP contribution in [0.3, 0.4) is 0 Å². The highest BCUT2D eigenvalue weighted by molar-refractivity contribution is 5.97. The molecule has 0 spiro atoms. The molecule has 1 rings (SSSR count). The number of aryl methyl sites for hydroxylation is 1. The Morgan fingerprint density at radius 1 is 1.44 bits per heavy atom. The van der Waals surface area contributed by atoms with Gasteiger partial charge in [0.1, 0.15) is 6.61 Å². The van der Waals surface area contributed by atoms with Crippen molar-refractivity contribution < 1.29 is 19.4 Å². The Morgan fingerprint density at radius 2 is 2.17 bits per heavy atom. The van der Waals surface area contributed by atoms with E-state index in [2.05, 4.69) is 5.32 Å². The number of anilines is 1. The number of carbonyl (C=O) groups is 2. The standard InChI is InChI=1S/C12H16N2O4/c1-8-2-3-9(12(13)17)6-10(8)14-11(16)7-18-5-4-15/h2-3,6,15H,4-5,7H2,1H3,(H2,13,17)(H,14,16). The maximum Gasteiger partial charge on any atom is 0.250 e. The Balaban J connectivity index is 2.68. The van der Waals surface area contributed by atoms with E-state index in [4.69, 9.17) is 15.6 Å². The molecule has 0 heterocycles. The highest BCUT2D eigenvalue weighted by Gasteiger charge is 2.08. The number of benzene rings is 1. The monoisotopic (exact) mass is 252 g/mol. The first-order valence-electron chi connectivity index (χ1n) is 5.43. The van der Waals surface area contributed by atoms with Gasteiger partial charge in [-0.05, 0) is 24.6 Å². The first-order chi connectivity index (χ1) is 8.54. The minimum Gasteiger partial charge on any atom is -0.394 e. The molecule has 1 aromatic rings. The SMILES string of the molecule is Cc1ccc(C(N)=O)cc1NC(=O)COCCO. The van der Waals surface area contributed by atoms with Crippen molar-refractivity contribution in [3.63, 3.8) is 0 Å². The molecule has 0 saturated carbocycles. The van der Waals surface area contributed by atoms with Gasteiger partial charge in [-0.2, -0.15) is 0 Å². The third kappa shape index (κ3) is 4.15. The summed E-state index contributed by atoms with van der Waals surface area (Å²) < 4.78 is 4.88. The van der Waals surface area contributed by atoms with Crippen LogP contribution in [0.5, 0.6) is 0 Å². The van der Waals surface area contributed by atoms with Crippen molar-refractivity contribution in [2.45, 2.75) is 6.92 Å². The Hall–Kier alpha value is -1.92. The lowest BCUT2D eigenvalue weighted by atomic mass is 10.1. The summed E-state index contributed by atoms with van der Waals surface area (Å²) in [5, 5.41) is 11.1. The van der Waals surface area contributed by atoms with Gasteiger partial charge in [-0.3, -0.25) is 9.59 Å². The molecule has 4 N–H and O–H groups in total. The average molecular weight is 252 g/mol. The normalized spacial score (nSPS) is 10.1. The van der Waals surface area contributed by atoms with E-state index < -0.39 is 5.91 Å². The predicted molar refractivity (Wildman–Crippen MR) is 66.2 cm³/mol. The molecule has 0 radical (unpaired) electrons. The van der Waals surface area contributed by atoms with Gasteiger partial charge >= 0.3 is 0 Å². The first kappa shape index (κ1) is 14.1. The van der Waals surface area contributed by atoms with Crippen molar-refractivity contribution >= 4 is 17.5 Å². The summed E-state index contributed by atoms with van der Waals surface area (Å²) in [4.78, 5) is 22.5. The summed E-state index contributed by atoms with van der Waals surface area (Å²) in [6.45, 7) is 1.62. The van der Waals surface area contributed by atoms with Crippen LogP contribution in [-0.2, 0) is 9.53 Å². The Morgan fingerprint density at radius 3 is 2.78 bits per heavy atom. The van der Waals surface area contributed by atoms with Gasteiger partial charge in [-0.25, -0.2) is 0 Å². The fraction of sp³-hybridized carbons (Fsp3) is 0.333. The zero-order valence-corrected chi connectivity index (χ0v) is 10.1. The van der Waals surface area contributed by atoms with Gasteiger partial charge in [0.15, 0.2) is 0 Å². The van der Waals surface area contributed by atoms with E-state index >= 15 is 0 Å². The Labute approximate surface area is 105 Å². The van der Waals surface area contributed by atoms with E-state index in [-0.39, 0.29) is 25.7 Å². The van der Waals surface area contributed by atoms with Crippen molar-refractivity contribution in [3.8, 4) is 0 Å². The zero-order valence-electron chi connectivity index (χ0n) is 10.1. The number of hydrogen-bond acceptors (Lipinski definition) is 4. The number of aliphatic hydroxyl groups is 1. The lowest BCUT2D eigenvalue weighted by molar-refractivity contribution is -0.120. The molecule has 0 bridgehead atoms. The number of amides is 2. The van der Waals surface area contributed by atoms with Gasteiger partial charge in [0, 0.05) is 11.3 Å². The topological polar surface area (TPSA) is 102 Å². The predicted octanol–water partition coefficient (Wildman–Crippen LogP) is 0.0413. The van der Waals surface area contributed by atoms with E-state index in [0.29, 0.717) is 11.3 Å². The molecular formula is C12H16N2O4. The van der Waals surface area contributed by atoms with Gasteiger partial charge in [-0.15, -0.1) is 0 Å².